The number of nitrogens with zero attached hydrogens (tertiary/aromatic N) is 1. The largest absolute Gasteiger partial charge is 0.444 e. The highest BCUT2D eigenvalue weighted by molar-refractivity contribution is 5.84. The number of hydrogen-bond donors (Lipinski definition) is 1. The van der Waals surface area contributed by atoms with E-state index in [0.717, 1.165) is 12.1 Å². The summed E-state index contributed by atoms with van der Waals surface area (Å²) < 4.78 is 30.3. The Morgan fingerprint density at radius 1 is 1.31 bits per heavy atom. The van der Waals surface area contributed by atoms with Gasteiger partial charge in [-0.05, 0) is 20.8 Å². The van der Waals surface area contributed by atoms with Crippen molar-refractivity contribution in [1.82, 2.24) is 4.98 Å². The van der Waals surface area contributed by atoms with E-state index in [1.165, 1.54) is 0 Å². The van der Waals surface area contributed by atoms with Gasteiger partial charge < -0.3 is 4.74 Å². The molecular formula is C10H12F2N2O2. The van der Waals surface area contributed by atoms with Crippen molar-refractivity contribution in [3.63, 3.8) is 0 Å². The van der Waals surface area contributed by atoms with E-state index in [-0.39, 0.29) is 5.69 Å². The van der Waals surface area contributed by atoms with Crippen LogP contribution in [-0.4, -0.2) is 16.7 Å². The molecule has 1 rings (SSSR count). The smallest absolute Gasteiger partial charge is 0.412 e. The topological polar surface area (TPSA) is 51.2 Å². The van der Waals surface area contributed by atoms with E-state index >= 15 is 0 Å². The highest BCUT2D eigenvalue weighted by Crippen LogP contribution is 2.13. The van der Waals surface area contributed by atoms with Crippen molar-refractivity contribution < 1.29 is 18.3 Å². The molecule has 0 aliphatic carbocycles. The maximum atomic E-state index is 12.7. The van der Waals surface area contributed by atoms with Crippen molar-refractivity contribution in [3.05, 3.63) is 24.0 Å². The van der Waals surface area contributed by atoms with E-state index in [1.54, 1.807) is 20.8 Å². The minimum Gasteiger partial charge on any atom is -0.444 e. The molecule has 0 atom stereocenters. The molecule has 0 radical (unpaired) electrons. The number of halogens is 2. The molecule has 1 amide bonds. The molecule has 0 saturated carbocycles. The van der Waals surface area contributed by atoms with Crippen LogP contribution in [0.5, 0.6) is 0 Å². The maximum absolute atomic E-state index is 12.7. The molecule has 1 heterocycles. The summed E-state index contributed by atoms with van der Waals surface area (Å²) in [4.78, 5) is 14.1. The monoisotopic (exact) mass is 230 g/mol. The Morgan fingerprint density at radius 2 is 1.81 bits per heavy atom. The lowest BCUT2D eigenvalue weighted by Gasteiger charge is -2.19. The van der Waals surface area contributed by atoms with Crippen LogP contribution in [0.4, 0.5) is 19.3 Å². The van der Waals surface area contributed by atoms with Gasteiger partial charge in [-0.25, -0.2) is 4.79 Å². The Morgan fingerprint density at radius 3 is 2.25 bits per heavy atom. The van der Waals surface area contributed by atoms with Crippen molar-refractivity contribution in [1.29, 1.82) is 0 Å². The molecule has 4 nitrogen and oxygen atoms in total. The highest BCUT2D eigenvalue weighted by Gasteiger charge is 2.16. The first-order valence-electron chi connectivity index (χ1n) is 4.59. The Kier molecular flexibility index (Phi) is 3.41. The first-order valence-corrected chi connectivity index (χ1v) is 4.59. The second kappa shape index (κ2) is 4.42. The van der Waals surface area contributed by atoms with Crippen LogP contribution in [0.15, 0.2) is 12.1 Å². The number of carbonyl (C=O) groups is 1. The second-order valence-electron chi connectivity index (χ2n) is 4.13. The Hall–Kier alpha value is -1.72. The van der Waals surface area contributed by atoms with Crippen LogP contribution >= 0.6 is 0 Å². The molecule has 0 bridgehead atoms. The minimum atomic E-state index is -1.01. The fourth-order valence-corrected chi connectivity index (χ4v) is 0.959. The molecule has 1 N–H and O–H groups in total. The third-order valence-electron chi connectivity index (χ3n) is 1.41. The zero-order valence-electron chi connectivity index (χ0n) is 9.17. The third kappa shape index (κ3) is 4.20. The third-order valence-corrected chi connectivity index (χ3v) is 1.41. The predicted molar refractivity (Wildman–Crippen MR) is 54.0 cm³/mol. The van der Waals surface area contributed by atoms with Crippen molar-refractivity contribution in [2.24, 2.45) is 0 Å². The molecule has 1 aromatic heterocycles. The van der Waals surface area contributed by atoms with E-state index in [9.17, 15) is 13.6 Å². The van der Waals surface area contributed by atoms with E-state index in [4.69, 9.17) is 4.74 Å². The standard InChI is InChI=1S/C10H12F2N2O2/c1-10(2,3)16-9(15)13-6-4-7(11)14-8(12)5-6/h4-5H,1-3H3,(H,13,14,15). The summed E-state index contributed by atoms with van der Waals surface area (Å²) in [7, 11) is 0. The van der Waals surface area contributed by atoms with Gasteiger partial charge in [0.1, 0.15) is 5.60 Å². The quantitative estimate of drug-likeness (QED) is 0.754. The summed E-state index contributed by atoms with van der Waals surface area (Å²) in [6, 6.07) is 1.79. The van der Waals surface area contributed by atoms with E-state index < -0.39 is 23.6 Å². The molecule has 6 heteroatoms. The van der Waals surface area contributed by atoms with E-state index in [1.807, 2.05) is 0 Å². The van der Waals surface area contributed by atoms with Gasteiger partial charge in [0.15, 0.2) is 0 Å². The number of pyridine rings is 1. The molecule has 0 aromatic carbocycles. The van der Waals surface area contributed by atoms with Gasteiger partial charge in [0.05, 0.1) is 5.69 Å². The summed E-state index contributed by atoms with van der Waals surface area (Å²) in [5.41, 5.74) is -0.715. The lowest BCUT2D eigenvalue weighted by atomic mass is 10.2. The van der Waals surface area contributed by atoms with E-state index in [2.05, 4.69) is 10.3 Å². The van der Waals surface area contributed by atoms with Crippen LogP contribution in [0.25, 0.3) is 0 Å². The number of rotatable bonds is 1. The van der Waals surface area contributed by atoms with Gasteiger partial charge >= 0.3 is 6.09 Å². The molecule has 0 spiro atoms. The minimum absolute atomic E-state index is 0.0424. The lowest BCUT2D eigenvalue weighted by molar-refractivity contribution is 0.0636. The Bertz CT molecular complexity index is 382. The number of nitrogens with one attached hydrogen (secondary N) is 1. The van der Waals surface area contributed by atoms with Gasteiger partial charge in [-0.15, -0.1) is 0 Å². The SMILES string of the molecule is CC(C)(C)OC(=O)Nc1cc(F)nc(F)c1. The molecule has 0 aliphatic rings. The lowest BCUT2D eigenvalue weighted by Crippen LogP contribution is -2.27. The highest BCUT2D eigenvalue weighted by atomic mass is 19.1. The van der Waals surface area contributed by atoms with Crippen LogP contribution in [0, 0.1) is 11.9 Å². The summed E-state index contributed by atoms with van der Waals surface area (Å²) in [5, 5.41) is 2.20. The number of hydrogen-bond acceptors (Lipinski definition) is 3. The molecule has 0 aliphatic heterocycles. The van der Waals surface area contributed by atoms with Gasteiger partial charge in [0.2, 0.25) is 11.9 Å². The molecular weight excluding hydrogens is 218 g/mol. The van der Waals surface area contributed by atoms with Gasteiger partial charge in [-0.2, -0.15) is 13.8 Å². The fraction of sp³-hybridized carbons (Fsp3) is 0.400. The number of aromatic nitrogens is 1. The maximum Gasteiger partial charge on any atom is 0.412 e. The summed E-state index contributed by atoms with van der Waals surface area (Å²) in [6.07, 6.45) is -0.780. The van der Waals surface area contributed by atoms with Crippen LogP contribution in [0.2, 0.25) is 0 Å². The molecule has 1 aromatic rings. The molecule has 0 fully saturated rings. The van der Waals surface area contributed by atoms with Gasteiger partial charge in [-0.3, -0.25) is 5.32 Å². The fourth-order valence-electron chi connectivity index (χ4n) is 0.959. The van der Waals surface area contributed by atoms with Crippen LogP contribution in [0.1, 0.15) is 20.8 Å². The summed E-state index contributed by atoms with van der Waals surface area (Å²) >= 11 is 0. The van der Waals surface area contributed by atoms with Crippen molar-refractivity contribution in [2.75, 3.05) is 5.32 Å². The molecule has 16 heavy (non-hydrogen) atoms. The number of ether oxygens (including phenoxy) is 1. The first-order chi connectivity index (χ1) is 7.26. The molecule has 88 valence electrons. The summed E-state index contributed by atoms with van der Waals surface area (Å²) in [6.45, 7) is 5.04. The number of anilines is 1. The van der Waals surface area contributed by atoms with Crippen molar-refractivity contribution in [2.45, 2.75) is 26.4 Å². The van der Waals surface area contributed by atoms with Crippen molar-refractivity contribution >= 4 is 11.8 Å². The van der Waals surface area contributed by atoms with Gasteiger partial charge in [0.25, 0.3) is 0 Å². The van der Waals surface area contributed by atoms with Gasteiger partial charge in [0, 0.05) is 12.1 Å². The Balaban J connectivity index is 2.70. The number of amides is 1. The van der Waals surface area contributed by atoms with Gasteiger partial charge in [-0.1, -0.05) is 0 Å². The molecule has 0 unspecified atom stereocenters. The predicted octanol–water partition coefficient (Wildman–Crippen LogP) is 2.71. The second-order valence-corrected chi connectivity index (χ2v) is 4.13. The summed E-state index contributed by atoms with van der Waals surface area (Å²) in [5.74, 6) is -2.02. The van der Waals surface area contributed by atoms with Crippen LogP contribution < -0.4 is 5.32 Å². The first kappa shape index (κ1) is 12.4. The normalized spacial score (nSPS) is 11.1. The van der Waals surface area contributed by atoms with Crippen molar-refractivity contribution in [3.8, 4) is 0 Å². The average Bonchev–Trinajstić information content (AvgIpc) is 1.96. The zero-order valence-corrected chi connectivity index (χ0v) is 9.17. The Labute approximate surface area is 91.6 Å². The van der Waals surface area contributed by atoms with Crippen LogP contribution in [-0.2, 0) is 4.74 Å². The van der Waals surface area contributed by atoms with Crippen LogP contribution in [0.3, 0.4) is 0 Å². The average molecular weight is 230 g/mol. The van der Waals surface area contributed by atoms with E-state index in [0.29, 0.717) is 0 Å². The zero-order chi connectivity index (χ0) is 12.3. The molecule has 0 saturated heterocycles. The number of carbonyl (C=O) groups excluding carboxylic acids is 1.